The molecule has 15 heavy (non-hydrogen) atoms. The minimum Gasteiger partial charge on any atom is -0.480 e. The van der Waals surface area contributed by atoms with Crippen LogP contribution in [0.2, 0.25) is 0 Å². The summed E-state index contributed by atoms with van der Waals surface area (Å²) in [6, 6.07) is 6.90. The predicted octanol–water partition coefficient (Wildman–Crippen LogP) is 1.68. The van der Waals surface area contributed by atoms with Gasteiger partial charge < -0.3 is 10.8 Å². The van der Waals surface area contributed by atoms with Crippen molar-refractivity contribution in [1.29, 1.82) is 0 Å². The molecule has 82 valence electrons. The molecular weight excluding hydrogens is 190 g/mol. The number of carboxylic acid groups (broad SMARTS) is 1. The van der Waals surface area contributed by atoms with Gasteiger partial charge in [-0.1, -0.05) is 43.7 Å². The molecule has 0 aliphatic heterocycles. The van der Waals surface area contributed by atoms with E-state index in [1.54, 1.807) is 0 Å². The van der Waals surface area contributed by atoms with Gasteiger partial charge in [0, 0.05) is 5.41 Å². The standard InChI is InChI=1S/C12H17NO2/c1-8-4-6-9(7-5-8)12(2,3)10(13)11(14)15/h4-7,10H,13H2,1-3H3,(H,14,15). The summed E-state index contributed by atoms with van der Waals surface area (Å²) in [7, 11) is 0. The van der Waals surface area contributed by atoms with E-state index >= 15 is 0 Å². The van der Waals surface area contributed by atoms with Gasteiger partial charge in [0.2, 0.25) is 0 Å². The highest BCUT2D eigenvalue weighted by atomic mass is 16.4. The van der Waals surface area contributed by atoms with Gasteiger partial charge in [-0.15, -0.1) is 0 Å². The molecule has 3 N–H and O–H groups in total. The lowest BCUT2D eigenvalue weighted by atomic mass is 9.78. The molecular formula is C12H17NO2. The van der Waals surface area contributed by atoms with Crippen molar-refractivity contribution in [3.05, 3.63) is 35.4 Å². The average molecular weight is 207 g/mol. The number of carbonyl (C=O) groups is 1. The number of nitrogens with two attached hydrogens (primary N) is 1. The SMILES string of the molecule is Cc1ccc(C(C)(C)C(N)C(=O)O)cc1. The van der Waals surface area contributed by atoms with Gasteiger partial charge in [0.05, 0.1) is 0 Å². The Bertz CT molecular complexity index is 354. The van der Waals surface area contributed by atoms with Gasteiger partial charge in [0.25, 0.3) is 0 Å². The zero-order chi connectivity index (χ0) is 11.6. The molecule has 0 aromatic heterocycles. The van der Waals surface area contributed by atoms with E-state index < -0.39 is 17.4 Å². The highest BCUT2D eigenvalue weighted by Crippen LogP contribution is 2.26. The minimum absolute atomic E-state index is 0.556. The van der Waals surface area contributed by atoms with Crippen LogP contribution in [0.15, 0.2) is 24.3 Å². The van der Waals surface area contributed by atoms with E-state index in [1.807, 2.05) is 45.0 Å². The summed E-state index contributed by atoms with van der Waals surface area (Å²) in [4.78, 5) is 10.9. The van der Waals surface area contributed by atoms with Crippen LogP contribution in [0.4, 0.5) is 0 Å². The van der Waals surface area contributed by atoms with Crippen LogP contribution in [-0.2, 0) is 10.2 Å². The van der Waals surface area contributed by atoms with Gasteiger partial charge in [-0.25, -0.2) is 0 Å². The van der Waals surface area contributed by atoms with E-state index in [-0.39, 0.29) is 0 Å². The Hall–Kier alpha value is -1.35. The van der Waals surface area contributed by atoms with Crippen molar-refractivity contribution >= 4 is 5.97 Å². The van der Waals surface area contributed by atoms with Crippen molar-refractivity contribution in [2.75, 3.05) is 0 Å². The van der Waals surface area contributed by atoms with E-state index in [0.717, 1.165) is 11.1 Å². The Labute approximate surface area is 89.9 Å². The van der Waals surface area contributed by atoms with Crippen molar-refractivity contribution in [3.63, 3.8) is 0 Å². The molecule has 0 radical (unpaired) electrons. The van der Waals surface area contributed by atoms with Gasteiger partial charge in [0.15, 0.2) is 0 Å². The number of rotatable bonds is 3. The smallest absolute Gasteiger partial charge is 0.321 e. The second kappa shape index (κ2) is 4.03. The third-order valence-corrected chi connectivity index (χ3v) is 2.84. The largest absolute Gasteiger partial charge is 0.480 e. The van der Waals surface area contributed by atoms with Crippen LogP contribution in [0.1, 0.15) is 25.0 Å². The van der Waals surface area contributed by atoms with Crippen LogP contribution in [0.25, 0.3) is 0 Å². The highest BCUT2D eigenvalue weighted by molar-refractivity contribution is 5.75. The maximum atomic E-state index is 10.9. The highest BCUT2D eigenvalue weighted by Gasteiger charge is 2.33. The van der Waals surface area contributed by atoms with Gasteiger partial charge in [-0.05, 0) is 12.5 Å². The molecule has 1 unspecified atom stereocenters. The fraction of sp³-hybridized carbons (Fsp3) is 0.417. The Morgan fingerprint density at radius 3 is 2.20 bits per heavy atom. The average Bonchev–Trinajstić information content (AvgIpc) is 2.17. The summed E-state index contributed by atoms with van der Waals surface area (Å²) < 4.78 is 0. The molecule has 3 nitrogen and oxygen atoms in total. The number of benzene rings is 1. The third kappa shape index (κ3) is 2.36. The summed E-state index contributed by atoms with van der Waals surface area (Å²) in [6.07, 6.45) is 0. The van der Waals surface area contributed by atoms with Crippen LogP contribution in [0.5, 0.6) is 0 Å². The lowest BCUT2D eigenvalue weighted by molar-refractivity contribution is -0.140. The maximum Gasteiger partial charge on any atom is 0.321 e. The van der Waals surface area contributed by atoms with Gasteiger partial charge in [-0.3, -0.25) is 4.79 Å². The van der Waals surface area contributed by atoms with Crippen molar-refractivity contribution in [2.24, 2.45) is 5.73 Å². The van der Waals surface area contributed by atoms with E-state index in [0.29, 0.717) is 0 Å². The first-order valence-electron chi connectivity index (χ1n) is 4.91. The quantitative estimate of drug-likeness (QED) is 0.792. The first kappa shape index (κ1) is 11.7. The molecule has 0 spiro atoms. The summed E-state index contributed by atoms with van der Waals surface area (Å²) in [5.74, 6) is -0.972. The van der Waals surface area contributed by atoms with Crippen molar-refractivity contribution in [3.8, 4) is 0 Å². The number of carboxylic acids is 1. The van der Waals surface area contributed by atoms with Crippen LogP contribution in [-0.4, -0.2) is 17.1 Å². The summed E-state index contributed by atoms with van der Waals surface area (Å²) in [5.41, 5.74) is 7.21. The molecule has 0 heterocycles. The first-order valence-corrected chi connectivity index (χ1v) is 4.91. The topological polar surface area (TPSA) is 63.3 Å². The predicted molar refractivity (Wildman–Crippen MR) is 59.8 cm³/mol. The van der Waals surface area contributed by atoms with E-state index in [4.69, 9.17) is 10.8 Å². The van der Waals surface area contributed by atoms with Gasteiger partial charge in [0.1, 0.15) is 6.04 Å². The van der Waals surface area contributed by atoms with Gasteiger partial charge in [-0.2, -0.15) is 0 Å². The Balaban J connectivity index is 3.05. The third-order valence-electron chi connectivity index (χ3n) is 2.84. The number of aryl methyl sites for hydroxylation is 1. The second-order valence-corrected chi connectivity index (χ2v) is 4.40. The molecule has 0 aliphatic carbocycles. The lowest BCUT2D eigenvalue weighted by Gasteiger charge is -2.29. The van der Waals surface area contributed by atoms with Crippen molar-refractivity contribution < 1.29 is 9.90 Å². The van der Waals surface area contributed by atoms with E-state index in [2.05, 4.69) is 0 Å². The lowest BCUT2D eigenvalue weighted by Crippen LogP contribution is -2.46. The molecule has 1 aromatic rings. The molecule has 0 saturated heterocycles. The molecule has 0 bridgehead atoms. The second-order valence-electron chi connectivity index (χ2n) is 4.40. The summed E-state index contributed by atoms with van der Waals surface area (Å²) >= 11 is 0. The van der Waals surface area contributed by atoms with Crippen LogP contribution in [0.3, 0.4) is 0 Å². The van der Waals surface area contributed by atoms with Gasteiger partial charge >= 0.3 is 5.97 Å². The molecule has 1 aromatic carbocycles. The van der Waals surface area contributed by atoms with E-state index in [9.17, 15) is 4.79 Å². The first-order chi connectivity index (χ1) is 6.85. The molecule has 0 aliphatic rings. The molecule has 1 rings (SSSR count). The fourth-order valence-electron chi connectivity index (χ4n) is 1.47. The van der Waals surface area contributed by atoms with Crippen molar-refractivity contribution in [2.45, 2.75) is 32.2 Å². The zero-order valence-corrected chi connectivity index (χ0v) is 9.32. The summed E-state index contributed by atoms with van der Waals surface area (Å²) in [6.45, 7) is 5.68. The summed E-state index contributed by atoms with van der Waals surface area (Å²) in [5, 5.41) is 8.91. The molecule has 1 atom stereocenters. The monoisotopic (exact) mass is 207 g/mol. The Morgan fingerprint density at radius 1 is 1.33 bits per heavy atom. The molecule has 0 saturated carbocycles. The molecule has 3 heteroatoms. The Morgan fingerprint density at radius 2 is 1.80 bits per heavy atom. The number of aliphatic carboxylic acids is 1. The van der Waals surface area contributed by atoms with Crippen LogP contribution >= 0.6 is 0 Å². The van der Waals surface area contributed by atoms with Crippen LogP contribution in [0, 0.1) is 6.92 Å². The van der Waals surface area contributed by atoms with E-state index in [1.165, 1.54) is 0 Å². The zero-order valence-electron chi connectivity index (χ0n) is 9.32. The number of hydrogen-bond donors (Lipinski definition) is 2. The molecule has 0 fully saturated rings. The maximum absolute atomic E-state index is 10.9. The number of hydrogen-bond acceptors (Lipinski definition) is 2. The van der Waals surface area contributed by atoms with Crippen LogP contribution < -0.4 is 5.73 Å². The Kier molecular flexibility index (Phi) is 3.15. The normalized spacial score (nSPS) is 13.6. The van der Waals surface area contributed by atoms with Crippen molar-refractivity contribution in [1.82, 2.24) is 0 Å². The fourth-order valence-corrected chi connectivity index (χ4v) is 1.47. The minimum atomic E-state index is -0.972. The molecule has 0 amide bonds.